The molecule has 0 radical (unpaired) electrons. The van der Waals surface area contributed by atoms with Gasteiger partial charge in [0.05, 0.1) is 12.2 Å². The Kier molecular flexibility index (Phi) is 4.33. The molecule has 1 aromatic carbocycles. The number of amides is 1. The summed E-state index contributed by atoms with van der Waals surface area (Å²) in [5.74, 6) is -0.838. The fourth-order valence-corrected chi connectivity index (χ4v) is 5.14. The fraction of sp³-hybridized carbons (Fsp3) is 0.400. The fourth-order valence-electron chi connectivity index (χ4n) is 3.04. The van der Waals surface area contributed by atoms with Gasteiger partial charge in [0.25, 0.3) is 5.91 Å². The number of aromatic nitrogens is 1. The molecule has 0 saturated carbocycles. The Bertz CT molecular complexity index is 899. The quantitative estimate of drug-likeness (QED) is 0.856. The van der Waals surface area contributed by atoms with E-state index in [1.54, 1.807) is 26.0 Å². The van der Waals surface area contributed by atoms with Crippen LogP contribution in [0.4, 0.5) is 0 Å². The number of carbonyl (C=O) groups is 1. The lowest BCUT2D eigenvalue weighted by Gasteiger charge is -2.34. The number of hydrogen-bond donors (Lipinski definition) is 2. The molecule has 1 aliphatic rings. The number of H-pyrrole nitrogens is 1. The lowest BCUT2D eigenvalue weighted by molar-refractivity contribution is -0.0440. The SMILES string of the molecule is C[C@H]1CN(S(=O)(=O)c2c(C(N)=O)[nH]c3ccc(Cl)cc23)C[C@H](C)O1. The van der Waals surface area contributed by atoms with Gasteiger partial charge >= 0.3 is 0 Å². The van der Waals surface area contributed by atoms with Gasteiger partial charge in [-0.05, 0) is 32.0 Å². The topological polar surface area (TPSA) is 105 Å². The standard InChI is InChI=1S/C15H18ClN3O4S/c1-8-6-19(7-9(2)23-8)24(21,22)14-11-5-10(16)3-4-12(11)18-13(14)15(17)20/h3-5,8-9,18H,6-7H2,1-2H3,(H2,17,20)/t8-,9-/m0/s1. The van der Waals surface area contributed by atoms with Gasteiger partial charge in [0.2, 0.25) is 10.0 Å². The van der Waals surface area contributed by atoms with E-state index in [2.05, 4.69) is 4.98 Å². The van der Waals surface area contributed by atoms with Crippen molar-refractivity contribution in [2.75, 3.05) is 13.1 Å². The minimum atomic E-state index is -3.94. The summed E-state index contributed by atoms with van der Waals surface area (Å²) in [5, 5.41) is 0.723. The molecule has 1 aliphatic heterocycles. The van der Waals surface area contributed by atoms with Crippen molar-refractivity contribution in [3.63, 3.8) is 0 Å². The van der Waals surface area contributed by atoms with Gasteiger partial charge in [-0.2, -0.15) is 4.31 Å². The zero-order valence-electron chi connectivity index (χ0n) is 13.2. The molecular formula is C15H18ClN3O4S. The number of ether oxygens (including phenoxy) is 1. The molecule has 0 aliphatic carbocycles. The van der Waals surface area contributed by atoms with Crippen LogP contribution in [0, 0.1) is 0 Å². The second-order valence-electron chi connectivity index (χ2n) is 5.96. The molecule has 0 unspecified atom stereocenters. The molecule has 2 atom stereocenters. The maximum atomic E-state index is 13.2. The molecule has 3 rings (SSSR count). The van der Waals surface area contributed by atoms with Crippen LogP contribution in [0.5, 0.6) is 0 Å². The van der Waals surface area contributed by atoms with Gasteiger partial charge in [0.1, 0.15) is 10.6 Å². The molecular weight excluding hydrogens is 354 g/mol. The van der Waals surface area contributed by atoms with Crippen LogP contribution in [-0.4, -0.2) is 48.9 Å². The predicted molar refractivity (Wildman–Crippen MR) is 90.6 cm³/mol. The number of nitrogens with one attached hydrogen (secondary N) is 1. The Morgan fingerprint density at radius 3 is 2.54 bits per heavy atom. The van der Waals surface area contributed by atoms with E-state index in [1.165, 1.54) is 10.4 Å². The van der Waals surface area contributed by atoms with Crippen LogP contribution in [0.1, 0.15) is 24.3 Å². The number of nitrogens with zero attached hydrogens (tertiary/aromatic N) is 1. The number of primary amides is 1. The third kappa shape index (κ3) is 2.90. The van der Waals surface area contributed by atoms with Crippen molar-refractivity contribution >= 4 is 38.4 Å². The van der Waals surface area contributed by atoms with E-state index in [4.69, 9.17) is 22.1 Å². The average molecular weight is 372 g/mol. The van der Waals surface area contributed by atoms with Crippen molar-refractivity contribution in [1.82, 2.24) is 9.29 Å². The van der Waals surface area contributed by atoms with E-state index in [1.807, 2.05) is 0 Å². The summed E-state index contributed by atoms with van der Waals surface area (Å²) in [5.41, 5.74) is 5.73. The number of sulfonamides is 1. The Morgan fingerprint density at radius 2 is 1.96 bits per heavy atom. The minimum Gasteiger partial charge on any atom is -0.373 e. The number of halogens is 1. The highest BCUT2D eigenvalue weighted by Crippen LogP contribution is 2.32. The maximum Gasteiger partial charge on any atom is 0.266 e. The van der Waals surface area contributed by atoms with Crippen LogP contribution < -0.4 is 5.73 Å². The summed E-state index contributed by atoms with van der Waals surface area (Å²) in [7, 11) is -3.94. The third-order valence-electron chi connectivity index (χ3n) is 3.94. The van der Waals surface area contributed by atoms with Gasteiger partial charge in [-0.3, -0.25) is 4.79 Å². The van der Waals surface area contributed by atoms with Crippen molar-refractivity contribution < 1.29 is 17.9 Å². The average Bonchev–Trinajstić information content (AvgIpc) is 2.85. The zero-order chi connectivity index (χ0) is 17.6. The van der Waals surface area contributed by atoms with E-state index >= 15 is 0 Å². The number of rotatable bonds is 3. The number of fused-ring (bicyclic) bond motifs is 1. The van der Waals surface area contributed by atoms with Crippen LogP contribution in [0.15, 0.2) is 23.1 Å². The molecule has 1 fully saturated rings. The number of aromatic amines is 1. The number of carbonyl (C=O) groups excluding carboxylic acids is 1. The highest BCUT2D eigenvalue weighted by molar-refractivity contribution is 7.89. The van der Waals surface area contributed by atoms with E-state index in [0.29, 0.717) is 15.9 Å². The van der Waals surface area contributed by atoms with E-state index < -0.39 is 15.9 Å². The highest BCUT2D eigenvalue weighted by Gasteiger charge is 2.36. The van der Waals surface area contributed by atoms with Gasteiger partial charge in [-0.15, -0.1) is 0 Å². The Labute approximate surface area is 144 Å². The monoisotopic (exact) mass is 371 g/mol. The van der Waals surface area contributed by atoms with Crippen molar-refractivity contribution in [1.29, 1.82) is 0 Å². The largest absolute Gasteiger partial charge is 0.373 e. The number of hydrogen-bond acceptors (Lipinski definition) is 4. The number of nitrogens with two attached hydrogens (primary N) is 1. The summed E-state index contributed by atoms with van der Waals surface area (Å²) in [6.07, 6.45) is -0.483. The van der Waals surface area contributed by atoms with E-state index in [9.17, 15) is 13.2 Å². The molecule has 3 N–H and O–H groups in total. The summed E-state index contributed by atoms with van der Waals surface area (Å²) in [6, 6.07) is 4.74. The first-order valence-electron chi connectivity index (χ1n) is 7.46. The first-order valence-corrected chi connectivity index (χ1v) is 9.28. The lowest BCUT2D eigenvalue weighted by atomic mass is 10.2. The molecule has 2 aromatic rings. The van der Waals surface area contributed by atoms with Gasteiger partial charge in [0.15, 0.2) is 0 Å². The van der Waals surface area contributed by atoms with E-state index in [0.717, 1.165) is 0 Å². The molecule has 0 bridgehead atoms. The summed E-state index contributed by atoms with van der Waals surface area (Å²) >= 11 is 6.00. The minimum absolute atomic E-state index is 0.131. The van der Waals surface area contributed by atoms with Crippen molar-refractivity contribution in [3.8, 4) is 0 Å². The van der Waals surface area contributed by atoms with Gasteiger partial charge in [-0.25, -0.2) is 8.42 Å². The molecule has 9 heteroatoms. The van der Waals surface area contributed by atoms with Crippen LogP contribution in [-0.2, 0) is 14.8 Å². The summed E-state index contributed by atoms with van der Waals surface area (Å²) in [4.78, 5) is 14.4. The molecule has 24 heavy (non-hydrogen) atoms. The Morgan fingerprint density at radius 1 is 1.33 bits per heavy atom. The van der Waals surface area contributed by atoms with Gasteiger partial charge < -0.3 is 15.5 Å². The van der Waals surface area contributed by atoms with Crippen molar-refractivity contribution in [3.05, 3.63) is 28.9 Å². The van der Waals surface area contributed by atoms with Gasteiger partial charge in [0, 0.05) is 29.0 Å². The maximum absolute atomic E-state index is 13.2. The smallest absolute Gasteiger partial charge is 0.266 e. The Balaban J connectivity index is 2.21. The zero-order valence-corrected chi connectivity index (χ0v) is 14.8. The lowest BCUT2D eigenvalue weighted by Crippen LogP contribution is -2.48. The molecule has 1 saturated heterocycles. The summed E-state index contributed by atoms with van der Waals surface area (Å²) < 4.78 is 33.3. The van der Waals surface area contributed by atoms with Crippen molar-refractivity contribution in [2.24, 2.45) is 5.73 Å². The van der Waals surface area contributed by atoms with Crippen LogP contribution in [0.2, 0.25) is 5.02 Å². The normalized spacial score (nSPS) is 22.8. The van der Waals surface area contributed by atoms with Crippen LogP contribution in [0.25, 0.3) is 10.9 Å². The second-order valence-corrected chi connectivity index (χ2v) is 8.27. The predicted octanol–water partition coefficient (Wildman–Crippen LogP) is 1.72. The molecule has 7 nitrogen and oxygen atoms in total. The van der Waals surface area contributed by atoms with Crippen LogP contribution in [0.3, 0.4) is 0 Å². The molecule has 1 aromatic heterocycles. The molecule has 1 amide bonds. The summed E-state index contributed by atoms with van der Waals surface area (Å²) in [6.45, 7) is 4.02. The number of morpholine rings is 1. The molecule has 2 heterocycles. The van der Waals surface area contributed by atoms with Crippen LogP contribution >= 0.6 is 11.6 Å². The van der Waals surface area contributed by atoms with Crippen molar-refractivity contribution in [2.45, 2.75) is 31.0 Å². The Hall–Kier alpha value is -1.61. The molecule has 130 valence electrons. The van der Waals surface area contributed by atoms with Gasteiger partial charge in [-0.1, -0.05) is 11.6 Å². The number of benzene rings is 1. The first kappa shape index (κ1) is 17.2. The molecule has 0 spiro atoms. The highest BCUT2D eigenvalue weighted by atomic mass is 35.5. The second kappa shape index (κ2) is 6.03. The van der Waals surface area contributed by atoms with E-state index in [-0.39, 0.29) is 35.9 Å². The third-order valence-corrected chi connectivity index (χ3v) is 6.10. The first-order chi connectivity index (χ1) is 11.2.